The lowest BCUT2D eigenvalue weighted by Gasteiger charge is -2.05. The van der Waals surface area contributed by atoms with Gasteiger partial charge in [0, 0.05) is 11.1 Å². The number of halogens is 1. The van der Waals surface area contributed by atoms with E-state index in [0.717, 1.165) is 5.56 Å². The normalized spacial score (nSPS) is 10.3. The van der Waals surface area contributed by atoms with Crippen LogP contribution in [0.15, 0.2) is 66.7 Å². The van der Waals surface area contributed by atoms with Gasteiger partial charge in [-0.15, -0.1) is 10.2 Å². The summed E-state index contributed by atoms with van der Waals surface area (Å²) in [6.45, 7) is 0. The summed E-state index contributed by atoms with van der Waals surface area (Å²) in [7, 11) is 0. The quantitative estimate of drug-likeness (QED) is 0.685. The zero-order valence-electron chi connectivity index (χ0n) is 11.0. The van der Waals surface area contributed by atoms with E-state index in [4.69, 9.17) is 11.6 Å². The zero-order chi connectivity index (χ0) is 14.7. The van der Waals surface area contributed by atoms with Crippen molar-refractivity contribution in [3.8, 4) is 11.3 Å². The molecule has 0 saturated carbocycles. The summed E-state index contributed by atoms with van der Waals surface area (Å²) in [5, 5.41) is 8.06. The molecule has 0 atom stereocenters. The number of hydrogen-bond donors (Lipinski definition) is 0. The van der Waals surface area contributed by atoms with Crippen molar-refractivity contribution in [3.63, 3.8) is 0 Å². The molecule has 0 aliphatic heterocycles. The number of ketones is 1. The van der Waals surface area contributed by atoms with Crippen molar-refractivity contribution in [2.24, 2.45) is 0 Å². The highest BCUT2D eigenvalue weighted by molar-refractivity contribution is 6.33. The molecule has 21 heavy (non-hydrogen) atoms. The van der Waals surface area contributed by atoms with E-state index in [1.54, 1.807) is 18.2 Å². The van der Waals surface area contributed by atoms with E-state index in [0.29, 0.717) is 16.8 Å². The molecule has 2 aromatic carbocycles. The second-order valence-electron chi connectivity index (χ2n) is 4.50. The smallest absolute Gasteiger partial charge is 0.196 e. The number of nitrogens with zero attached hydrogens (tertiary/aromatic N) is 2. The molecule has 1 aromatic heterocycles. The highest BCUT2D eigenvalue weighted by Gasteiger charge is 2.15. The maximum atomic E-state index is 12.5. The van der Waals surface area contributed by atoms with Gasteiger partial charge in [0.15, 0.2) is 10.9 Å². The molecule has 0 N–H and O–H groups in total. The first kappa shape index (κ1) is 13.5. The van der Waals surface area contributed by atoms with Gasteiger partial charge in [-0.3, -0.25) is 4.79 Å². The predicted molar refractivity (Wildman–Crippen MR) is 82.4 cm³/mol. The van der Waals surface area contributed by atoms with E-state index < -0.39 is 0 Å². The van der Waals surface area contributed by atoms with Crippen LogP contribution in [0.25, 0.3) is 11.3 Å². The van der Waals surface area contributed by atoms with Crippen molar-refractivity contribution in [2.75, 3.05) is 0 Å². The molecule has 0 radical (unpaired) electrons. The SMILES string of the molecule is O=C(c1ccccc1)c1cc(-c2ccccc2)nnc1Cl. The fourth-order valence-electron chi connectivity index (χ4n) is 2.03. The lowest BCUT2D eigenvalue weighted by molar-refractivity contribution is 0.103. The average Bonchev–Trinajstić information content (AvgIpc) is 2.56. The molecule has 102 valence electrons. The number of benzene rings is 2. The number of carbonyl (C=O) groups is 1. The fourth-order valence-corrected chi connectivity index (χ4v) is 2.21. The molecule has 3 aromatic rings. The average molecular weight is 295 g/mol. The third-order valence-corrected chi connectivity index (χ3v) is 3.38. The van der Waals surface area contributed by atoms with Gasteiger partial charge in [0.1, 0.15) is 0 Å². The van der Waals surface area contributed by atoms with E-state index in [1.807, 2.05) is 48.5 Å². The Kier molecular flexibility index (Phi) is 3.75. The fraction of sp³-hybridized carbons (Fsp3) is 0. The summed E-state index contributed by atoms with van der Waals surface area (Å²) in [4.78, 5) is 12.5. The molecular weight excluding hydrogens is 284 g/mol. The summed E-state index contributed by atoms with van der Waals surface area (Å²) in [6, 6.07) is 20.2. The Morgan fingerprint density at radius 1 is 0.857 bits per heavy atom. The number of aromatic nitrogens is 2. The van der Waals surface area contributed by atoms with Crippen LogP contribution in [0.2, 0.25) is 5.15 Å². The van der Waals surface area contributed by atoms with Crippen LogP contribution in [0.5, 0.6) is 0 Å². The van der Waals surface area contributed by atoms with Gasteiger partial charge in [-0.25, -0.2) is 0 Å². The minimum Gasteiger partial charge on any atom is -0.288 e. The molecule has 0 amide bonds. The van der Waals surface area contributed by atoms with Gasteiger partial charge in [0.2, 0.25) is 0 Å². The van der Waals surface area contributed by atoms with Crippen molar-refractivity contribution in [2.45, 2.75) is 0 Å². The predicted octanol–water partition coefficient (Wildman–Crippen LogP) is 4.03. The molecule has 0 bridgehead atoms. The van der Waals surface area contributed by atoms with E-state index >= 15 is 0 Å². The first-order chi connectivity index (χ1) is 10.3. The Balaban J connectivity index is 2.05. The summed E-state index contributed by atoms with van der Waals surface area (Å²) in [5.74, 6) is -0.160. The van der Waals surface area contributed by atoms with Gasteiger partial charge in [-0.05, 0) is 6.07 Å². The maximum Gasteiger partial charge on any atom is 0.196 e. The number of carbonyl (C=O) groups excluding carboxylic acids is 1. The van der Waals surface area contributed by atoms with Gasteiger partial charge in [-0.2, -0.15) is 0 Å². The minimum atomic E-state index is -0.160. The molecule has 1 heterocycles. The van der Waals surface area contributed by atoms with Crippen LogP contribution in [0.3, 0.4) is 0 Å². The Morgan fingerprint density at radius 3 is 2.14 bits per heavy atom. The highest BCUT2D eigenvalue weighted by atomic mass is 35.5. The van der Waals surface area contributed by atoms with Crippen molar-refractivity contribution in [1.82, 2.24) is 10.2 Å². The molecule has 0 unspecified atom stereocenters. The molecule has 0 aliphatic rings. The van der Waals surface area contributed by atoms with Gasteiger partial charge < -0.3 is 0 Å². The van der Waals surface area contributed by atoms with Crippen LogP contribution >= 0.6 is 11.6 Å². The Labute approximate surface area is 127 Å². The van der Waals surface area contributed by atoms with Crippen molar-refractivity contribution >= 4 is 17.4 Å². The molecular formula is C17H11ClN2O. The molecule has 3 nitrogen and oxygen atoms in total. The van der Waals surface area contributed by atoms with Crippen LogP contribution in [0, 0.1) is 0 Å². The first-order valence-electron chi connectivity index (χ1n) is 6.44. The van der Waals surface area contributed by atoms with Gasteiger partial charge in [-0.1, -0.05) is 72.3 Å². The van der Waals surface area contributed by atoms with Crippen LogP contribution in [-0.4, -0.2) is 16.0 Å². The zero-order valence-corrected chi connectivity index (χ0v) is 11.8. The van der Waals surface area contributed by atoms with Crippen LogP contribution < -0.4 is 0 Å². The number of rotatable bonds is 3. The Bertz CT molecular complexity index is 773. The molecule has 0 saturated heterocycles. The molecule has 0 spiro atoms. The van der Waals surface area contributed by atoms with Crippen LogP contribution in [0.1, 0.15) is 15.9 Å². The topological polar surface area (TPSA) is 42.9 Å². The third-order valence-electron chi connectivity index (χ3n) is 3.10. The van der Waals surface area contributed by atoms with Gasteiger partial charge >= 0.3 is 0 Å². The molecule has 4 heteroatoms. The molecule has 0 aliphatic carbocycles. The summed E-state index contributed by atoms with van der Waals surface area (Å²) in [5.41, 5.74) is 2.45. The second-order valence-corrected chi connectivity index (χ2v) is 4.85. The van der Waals surface area contributed by atoms with E-state index in [9.17, 15) is 4.79 Å². The summed E-state index contributed by atoms with van der Waals surface area (Å²) < 4.78 is 0. The standard InChI is InChI=1S/C17H11ClN2O/c18-17-14(16(21)13-9-5-2-6-10-13)11-15(19-20-17)12-7-3-1-4-8-12/h1-11H. The van der Waals surface area contributed by atoms with E-state index in [1.165, 1.54) is 0 Å². The highest BCUT2D eigenvalue weighted by Crippen LogP contribution is 2.22. The first-order valence-corrected chi connectivity index (χ1v) is 6.82. The van der Waals surface area contributed by atoms with Gasteiger partial charge in [0.25, 0.3) is 0 Å². The maximum absolute atomic E-state index is 12.5. The van der Waals surface area contributed by atoms with Crippen molar-refractivity contribution < 1.29 is 4.79 Å². The summed E-state index contributed by atoms with van der Waals surface area (Å²) >= 11 is 6.03. The Hall–Kier alpha value is -2.52. The Morgan fingerprint density at radius 2 is 1.48 bits per heavy atom. The van der Waals surface area contributed by atoms with Crippen LogP contribution in [0.4, 0.5) is 0 Å². The van der Waals surface area contributed by atoms with Crippen molar-refractivity contribution in [1.29, 1.82) is 0 Å². The molecule has 3 rings (SSSR count). The third kappa shape index (κ3) is 2.83. The lowest BCUT2D eigenvalue weighted by Crippen LogP contribution is -2.05. The second kappa shape index (κ2) is 5.85. The largest absolute Gasteiger partial charge is 0.288 e. The summed E-state index contributed by atoms with van der Waals surface area (Å²) in [6.07, 6.45) is 0. The van der Waals surface area contributed by atoms with E-state index in [2.05, 4.69) is 10.2 Å². The molecule has 0 fully saturated rings. The van der Waals surface area contributed by atoms with Gasteiger partial charge in [0.05, 0.1) is 11.3 Å². The van der Waals surface area contributed by atoms with E-state index in [-0.39, 0.29) is 10.9 Å². The van der Waals surface area contributed by atoms with Crippen molar-refractivity contribution in [3.05, 3.63) is 83.0 Å². The van der Waals surface area contributed by atoms with Crippen LogP contribution in [-0.2, 0) is 0 Å². The number of hydrogen-bond acceptors (Lipinski definition) is 3. The lowest BCUT2D eigenvalue weighted by atomic mass is 10.0. The monoisotopic (exact) mass is 294 g/mol. The minimum absolute atomic E-state index is 0.114.